The van der Waals surface area contributed by atoms with Crippen LogP contribution in [0.2, 0.25) is 0 Å². The molecule has 0 aliphatic carbocycles. The van der Waals surface area contributed by atoms with E-state index in [0.29, 0.717) is 5.30 Å². The van der Waals surface area contributed by atoms with Crippen molar-refractivity contribution < 1.29 is 9.46 Å². The van der Waals surface area contributed by atoms with E-state index in [9.17, 15) is 4.57 Å². The Morgan fingerprint density at radius 3 is 2.00 bits per heavy atom. The van der Waals surface area contributed by atoms with Crippen LogP contribution < -0.4 is 5.30 Å². The van der Waals surface area contributed by atoms with Gasteiger partial charge in [-0.05, 0) is 41.7 Å². The van der Waals surface area contributed by atoms with E-state index in [4.69, 9.17) is 4.89 Å². The third-order valence-corrected chi connectivity index (χ3v) is 2.13. The smallest absolute Gasteiger partial charge is 0.156 e. The van der Waals surface area contributed by atoms with Crippen molar-refractivity contribution in [1.82, 2.24) is 0 Å². The van der Waals surface area contributed by atoms with Gasteiger partial charge in [0.1, 0.15) is 0 Å². The van der Waals surface area contributed by atoms with Crippen molar-refractivity contribution >= 4 is 13.3 Å². The normalized spacial score (nSPS) is 11.4. The van der Waals surface area contributed by atoms with Gasteiger partial charge in [-0.1, -0.05) is 6.07 Å². The number of hydrogen-bond donors (Lipinski definition) is 1. The molecule has 1 aromatic carbocycles. The van der Waals surface area contributed by atoms with Gasteiger partial charge in [0.15, 0.2) is 0 Å². The van der Waals surface area contributed by atoms with Crippen LogP contribution in [0.5, 0.6) is 0 Å². The van der Waals surface area contributed by atoms with Gasteiger partial charge >= 0.3 is 8.03 Å². The minimum absolute atomic E-state index is 0.512. The molecular formula is C8H10O2P+. The number of hydrogen-bond acceptors (Lipinski definition) is 1. The van der Waals surface area contributed by atoms with Gasteiger partial charge in [-0.3, -0.25) is 0 Å². The Morgan fingerprint density at radius 2 is 1.64 bits per heavy atom. The first-order chi connectivity index (χ1) is 5.09. The van der Waals surface area contributed by atoms with E-state index < -0.39 is 8.03 Å². The van der Waals surface area contributed by atoms with Crippen LogP contribution in [0, 0.1) is 13.8 Å². The van der Waals surface area contributed by atoms with Crippen LogP contribution in [0.1, 0.15) is 11.1 Å². The molecule has 11 heavy (non-hydrogen) atoms. The van der Waals surface area contributed by atoms with E-state index in [2.05, 4.69) is 0 Å². The maximum Gasteiger partial charge on any atom is 0.546 e. The molecule has 0 aliphatic rings. The molecule has 1 rings (SSSR count). The minimum atomic E-state index is -2.18. The van der Waals surface area contributed by atoms with E-state index in [1.807, 2.05) is 19.9 Å². The SMILES string of the molecule is Cc1cc(C)cc([P+](=O)O)c1. The molecule has 0 amide bonds. The summed E-state index contributed by atoms with van der Waals surface area (Å²) >= 11 is 0. The Morgan fingerprint density at radius 1 is 1.18 bits per heavy atom. The molecule has 0 aliphatic heterocycles. The highest BCUT2D eigenvalue weighted by atomic mass is 31.1. The molecule has 0 saturated heterocycles. The van der Waals surface area contributed by atoms with Crippen molar-refractivity contribution in [3.05, 3.63) is 29.3 Å². The lowest BCUT2D eigenvalue weighted by molar-refractivity contribution is 0.513. The Balaban J connectivity index is 3.19. The zero-order chi connectivity index (χ0) is 8.43. The zero-order valence-corrected chi connectivity index (χ0v) is 7.43. The van der Waals surface area contributed by atoms with Gasteiger partial charge in [0.2, 0.25) is 5.30 Å². The third-order valence-electron chi connectivity index (χ3n) is 1.43. The summed E-state index contributed by atoms with van der Waals surface area (Å²) in [5, 5.41) is 0.512. The van der Waals surface area contributed by atoms with Crippen LogP contribution in [-0.2, 0) is 4.57 Å². The summed E-state index contributed by atoms with van der Waals surface area (Å²) in [6, 6.07) is 5.43. The van der Waals surface area contributed by atoms with E-state index >= 15 is 0 Å². The molecule has 1 N–H and O–H groups in total. The summed E-state index contributed by atoms with van der Waals surface area (Å²) in [5.74, 6) is 0. The van der Waals surface area contributed by atoms with Crippen LogP contribution in [-0.4, -0.2) is 4.89 Å². The van der Waals surface area contributed by atoms with Crippen molar-refractivity contribution in [3.63, 3.8) is 0 Å². The predicted octanol–water partition coefficient (Wildman–Crippen LogP) is 1.66. The molecule has 3 heteroatoms. The molecule has 2 nitrogen and oxygen atoms in total. The lowest BCUT2D eigenvalue weighted by atomic mass is 10.2. The molecule has 1 atom stereocenters. The molecule has 0 heterocycles. The molecule has 1 unspecified atom stereocenters. The van der Waals surface area contributed by atoms with Gasteiger partial charge < -0.3 is 0 Å². The molecule has 0 bridgehead atoms. The van der Waals surface area contributed by atoms with Crippen molar-refractivity contribution in [3.8, 4) is 0 Å². The minimum Gasteiger partial charge on any atom is -0.156 e. The maximum absolute atomic E-state index is 10.7. The van der Waals surface area contributed by atoms with E-state index in [0.717, 1.165) is 11.1 Å². The van der Waals surface area contributed by atoms with Crippen LogP contribution in [0.25, 0.3) is 0 Å². The molecule has 0 fully saturated rings. The standard InChI is InChI=1S/C8H9O2P/c1-6-3-7(2)5-8(4-6)11(9)10/h3-5H,1-2H3/p+1. The lowest BCUT2D eigenvalue weighted by Crippen LogP contribution is -1.97. The van der Waals surface area contributed by atoms with Crippen molar-refractivity contribution in [2.45, 2.75) is 13.8 Å². The predicted molar refractivity (Wildman–Crippen MR) is 45.4 cm³/mol. The molecule has 0 spiro atoms. The van der Waals surface area contributed by atoms with Crippen molar-refractivity contribution in [2.24, 2.45) is 0 Å². The second-order valence-electron chi connectivity index (χ2n) is 2.62. The Hall–Kier alpha value is -0.720. The van der Waals surface area contributed by atoms with Gasteiger partial charge in [-0.2, -0.15) is 4.89 Å². The number of rotatable bonds is 1. The summed E-state index contributed by atoms with van der Waals surface area (Å²) in [7, 11) is -2.18. The lowest BCUT2D eigenvalue weighted by Gasteiger charge is -1.92. The first-order valence-electron chi connectivity index (χ1n) is 3.34. The monoisotopic (exact) mass is 169 g/mol. The highest BCUT2D eigenvalue weighted by Crippen LogP contribution is 2.14. The summed E-state index contributed by atoms with van der Waals surface area (Å²) in [6.07, 6.45) is 0. The summed E-state index contributed by atoms with van der Waals surface area (Å²) in [4.78, 5) is 8.78. The highest BCUT2D eigenvalue weighted by Gasteiger charge is 2.15. The van der Waals surface area contributed by atoms with Crippen molar-refractivity contribution in [1.29, 1.82) is 0 Å². The van der Waals surface area contributed by atoms with E-state index in [1.165, 1.54) is 0 Å². The third kappa shape index (κ3) is 2.11. The van der Waals surface area contributed by atoms with Crippen LogP contribution in [0.3, 0.4) is 0 Å². The van der Waals surface area contributed by atoms with E-state index in [-0.39, 0.29) is 0 Å². The number of benzene rings is 1. The molecule has 1 aromatic rings. The molecule has 0 saturated carbocycles. The van der Waals surface area contributed by atoms with Crippen LogP contribution in [0.4, 0.5) is 0 Å². The fraction of sp³-hybridized carbons (Fsp3) is 0.250. The Kier molecular flexibility index (Phi) is 2.38. The maximum atomic E-state index is 10.7. The zero-order valence-electron chi connectivity index (χ0n) is 6.53. The summed E-state index contributed by atoms with van der Waals surface area (Å²) in [5.41, 5.74) is 2.05. The topological polar surface area (TPSA) is 37.3 Å². The molecule has 0 radical (unpaired) electrons. The summed E-state index contributed by atoms with van der Waals surface area (Å²) < 4.78 is 10.7. The summed E-state index contributed by atoms with van der Waals surface area (Å²) in [6.45, 7) is 3.82. The second kappa shape index (κ2) is 3.12. The van der Waals surface area contributed by atoms with Crippen molar-refractivity contribution in [2.75, 3.05) is 0 Å². The van der Waals surface area contributed by atoms with Gasteiger partial charge in [0, 0.05) is 0 Å². The number of aryl methyl sites for hydroxylation is 2. The Labute approximate surface area is 66.7 Å². The van der Waals surface area contributed by atoms with E-state index in [1.54, 1.807) is 12.1 Å². The molecule has 58 valence electrons. The van der Waals surface area contributed by atoms with Crippen LogP contribution >= 0.6 is 8.03 Å². The van der Waals surface area contributed by atoms with Gasteiger partial charge in [-0.25, -0.2) is 0 Å². The Bertz CT molecular complexity index is 274. The van der Waals surface area contributed by atoms with Gasteiger partial charge in [-0.15, -0.1) is 0 Å². The van der Waals surface area contributed by atoms with Gasteiger partial charge in [0.05, 0.1) is 0 Å². The molecular weight excluding hydrogens is 159 g/mol. The quantitative estimate of drug-likeness (QED) is 0.649. The van der Waals surface area contributed by atoms with Crippen LogP contribution in [0.15, 0.2) is 18.2 Å². The highest BCUT2D eigenvalue weighted by molar-refractivity contribution is 7.47. The average molecular weight is 169 g/mol. The second-order valence-corrected chi connectivity index (χ2v) is 3.68. The fourth-order valence-electron chi connectivity index (χ4n) is 1.06. The first kappa shape index (κ1) is 8.38. The fourth-order valence-corrected chi connectivity index (χ4v) is 1.69. The molecule has 0 aromatic heterocycles. The van der Waals surface area contributed by atoms with Gasteiger partial charge in [0.25, 0.3) is 0 Å². The largest absolute Gasteiger partial charge is 0.546 e. The average Bonchev–Trinajstić information content (AvgIpc) is 1.85. The first-order valence-corrected chi connectivity index (χ1v) is 4.55.